The molecule has 0 N–H and O–H groups in total. The van der Waals surface area contributed by atoms with Crippen molar-refractivity contribution in [2.75, 3.05) is 14.2 Å². The third-order valence-electron chi connectivity index (χ3n) is 5.76. The van der Waals surface area contributed by atoms with Gasteiger partial charge in [-0.3, -0.25) is 14.2 Å². The molecule has 3 aromatic rings. The Morgan fingerprint density at radius 3 is 2.71 bits per heavy atom. The van der Waals surface area contributed by atoms with Crippen LogP contribution < -0.4 is 24.4 Å². The van der Waals surface area contributed by atoms with Crippen LogP contribution in [0, 0.1) is 5.92 Å². The fourth-order valence-electron chi connectivity index (χ4n) is 4.36. The normalized spacial score (nSPS) is 23.8. The summed E-state index contributed by atoms with van der Waals surface area (Å²) in [6.07, 6.45) is 1.79. The monoisotopic (exact) mass is 436 g/mol. The minimum atomic E-state index is -1.18. The molecule has 31 heavy (non-hydrogen) atoms. The Labute approximate surface area is 181 Å². The molecule has 8 heteroatoms. The van der Waals surface area contributed by atoms with Crippen molar-refractivity contribution in [2.24, 2.45) is 10.9 Å². The Kier molecular flexibility index (Phi) is 4.48. The summed E-state index contributed by atoms with van der Waals surface area (Å²) in [5.41, 5.74) is 0.157. The number of hydrogen-bond donors (Lipinski definition) is 0. The Morgan fingerprint density at radius 2 is 1.94 bits per heavy atom. The topological polar surface area (TPSA) is 79.1 Å². The zero-order valence-electron chi connectivity index (χ0n) is 17.2. The molecule has 0 unspecified atom stereocenters. The van der Waals surface area contributed by atoms with Crippen LogP contribution in [-0.2, 0) is 9.53 Å². The number of fused-ring (bicyclic) bond motifs is 6. The average molecular weight is 436 g/mol. The van der Waals surface area contributed by atoms with Crippen LogP contribution in [-0.4, -0.2) is 30.5 Å². The first kappa shape index (κ1) is 19.6. The fourth-order valence-corrected chi connectivity index (χ4v) is 5.45. The Bertz CT molecular complexity index is 1380. The third kappa shape index (κ3) is 2.90. The van der Waals surface area contributed by atoms with Gasteiger partial charge in [-0.15, -0.1) is 0 Å². The summed E-state index contributed by atoms with van der Waals surface area (Å²) in [6.45, 7) is 1.76. The zero-order valence-corrected chi connectivity index (χ0v) is 18.0. The van der Waals surface area contributed by atoms with Crippen LogP contribution in [0.15, 0.2) is 58.3 Å². The first-order valence-corrected chi connectivity index (χ1v) is 10.6. The van der Waals surface area contributed by atoms with Gasteiger partial charge in [-0.25, -0.2) is 4.99 Å². The number of carbonyl (C=O) groups excluding carboxylic acids is 1. The quantitative estimate of drug-likeness (QED) is 0.586. The van der Waals surface area contributed by atoms with Crippen molar-refractivity contribution in [1.29, 1.82) is 0 Å². The first-order valence-electron chi connectivity index (χ1n) is 9.78. The molecule has 0 radical (unpaired) electrons. The minimum absolute atomic E-state index is 0.215. The van der Waals surface area contributed by atoms with Crippen LogP contribution in [0.5, 0.6) is 11.5 Å². The number of rotatable bonds is 3. The summed E-state index contributed by atoms with van der Waals surface area (Å²) in [4.78, 5) is 31.6. The van der Waals surface area contributed by atoms with Crippen LogP contribution in [0.2, 0.25) is 0 Å². The van der Waals surface area contributed by atoms with Gasteiger partial charge in [-0.2, -0.15) is 0 Å². The maximum absolute atomic E-state index is 13.5. The van der Waals surface area contributed by atoms with Crippen molar-refractivity contribution in [1.82, 2.24) is 4.57 Å². The number of aromatic nitrogens is 1. The van der Waals surface area contributed by atoms with E-state index in [1.165, 1.54) is 18.4 Å². The lowest BCUT2D eigenvalue weighted by atomic mass is 9.81. The number of methoxy groups -OCH3 is 2. The lowest BCUT2D eigenvalue weighted by molar-refractivity contribution is -0.158. The summed E-state index contributed by atoms with van der Waals surface area (Å²) < 4.78 is 18.8. The van der Waals surface area contributed by atoms with Crippen LogP contribution in [0.3, 0.4) is 0 Å². The van der Waals surface area contributed by atoms with E-state index in [1.807, 2.05) is 48.5 Å². The summed E-state index contributed by atoms with van der Waals surface area (Å²) >= 11 is 1.27. The van der Waals surface area contributed by atoms with Gasteiger partial charge in [0.2, 0.25) is 5.72 Å². The highest BCUT2D eigenvalue weighted by Crippen LogP contribution is 2.47. The molecule has 0 amide bonds. The van der Waals surface area contributed by atoms with Crippen molar-refractivity contribution in [3.8, 4) is 11.5 Å². The van der Waals surface area contributed by atoms with E-state index in [1.54, 1.807) is 24.7 Å². The van der Waals surface area contributed by atoms with Crippen LogP contribution in [0.1, 0.15) is 24.1 Å². The summed E-state index contributed by atoms with van der Waals surface area (Å²) in [6, 6.07) is 14.3. The second-order valence-corrected chi connectivity index (χ2v) is 8.57. The van der Waals surface area contributed by atoms with E-state index in [0.29, 0.717) is 20.8 Å². The van der Waals surface area contributed by atoms with Gasteiger partial charge in [0.15, 0.2) is 4.80 Å². The molecular weight excluding hydrogens is 416 g/mol. The van der Waals surface area contributed by atoms with Crippen molar-refractivity contribution < 1.29 is 19.0 Å². The van der Waals surface area contributed by atoms with Crippen molar-refractivity contribution in [2.45, 2.75) is 18.7 Å². The number of ether oxygens (including phenoxy) is 3. The van der Waals surface area contributed by atoms with Crippen molar-refractivity contribution in [3.63, 3.8) is 0 Å². The highest BCUT2D eigenvalue weighted by Gasteiger charge is 2.55. The number of hydrogen-bond acceptors (Lipinski definition) is 7. The SMILES string of the molecule is COC(=O)[C@@H]1[C@H]2c3ccccc3O[C@@]1(C)N=c1s/c(=C\c3ccccc3OC)c(=O)n12. The molecule has 2 aromatic carbocycles. The smallest absolute Gasteiger partial charge is 0.317 e. The molecule has 2 aliphatic rings. The molecule has 5 rings (SSSR count). The van der Waals surface area contributed by atoms with E-state index >= 15 is 0 Å². The predicted octanol–water partition coefficient (Wildman–Crippen LogP) is 1.87. The van der Waals surface area contributed by atoms with Crippen molar-refractivity contribution >= 4 is 23.4 Å². The van der Waals surface area contributed by atoms with Crippen LogP contribution >= 0.6 is 11.3 Å². The van der Waals surface area contributed by atoms with Crippen LogP contribution in [0.4, 0.5) is 0 Å². The Morgan fingerprint density at radius 1 is 1.19 bits per heavy atom. The van der Waals surface area contributed by atoms with E-state index in [0.717, 1.165) is 11.1 Å². The largest absolute Gasteiger partial charge is 0.496 e. The van der Waals surface area contributed by atoms with Gasteiger partial charge in [-0.05, 0) is 25.1 Å². The molecule has 0 spiro atoms. The molecule has 2 aliphatic heterocycles. The number of thiazole rings is 1. The molecule has 3 atom stereocenters. The van der Waals surface area contributed by atoms with E-state index in [4.69, 9.17) is 19.2 Å². The molecule has 0 fully saturated rings. The van der Waals surface area contributed by atoms with E-state index in [9.17, 15) is 9.59 Å². The lowest BCUT2D eigenvalue weighted by Gasteiger charge is -2.44. The van der Waals surface area contributed by atoms with E-state index in [2.05, 4.69) is 0 Å². The fraction of sp³-hybridized carbons (Fsp3) is 0.261. The van der Waals surface area contributed by atoms with Gasteiger partial charge in [0.1, 0.15) is 17.4 Å². The van der Waals surface area contributed by atoms with Gasteiger partial charge in [-0.1, -0.05) is 47.7 Å². The summed E-state index contributed by atoms with van der Waals surface area (Å²) in [5.74, 6) is 0.0241. The van der Waals surface area contributed by atoms with Gasteiger partial charge in [0.25, 0.3) is 5.56 Å². The molecule has 0 aliphatic carbocycles. The molecule has 0 saturated carbocycles. The van der Waals surface area contributed by atoms with Gasteiger partial charge >= 0.3 is 5.97 Å². The molecule has 1 aromatic heterocycles. The minimum Gasteiger partial charge on any atom is -0.496 e. The number of esters is 1. The maximum Gasteiger partial charge on any atom is 0.317 e. The number of benzene rings is 2. The molecule has 0 saturated heterocycles. The molecule has 3 heterocycles. The van der Waals surface area contributed by atoms with Gasteiger partial charge in [0, 0.05) is 11.1 Å². The average Bonchev–Trinajstić information content (AvgIpc) is 3.06. The molecule has 158 valence electrons. The second kappa shape index (κ2) is 7.09. The number of nitrogens with zero attached hydrogens (tertiary/aromatic N) is 2. The summed E-state index contributed by atoms with van der Waals surface area (Å²) in [7, 11) is 2.92. The second-order valence-electron chi connectivity index (χ2n) is 7.56. The Balaban J connectivity index is 1.80. The van der Waals surface area contributed by atoms with E-state index in [-0.39, 0.29) is 5.56 Å². The molecule has 2 bridgehead atoms. The highest BCUT2D eigenvalue weighted by molar-refractivity contribution is 7.07. The molecule has 7 nitrogen and oxygen atoms in total. The van der Waals surface area contributed by atoms with Crippen molar-refractivity contribution in [3.05, 3.63) is 79.3 Å². The number of carbonyl (C=O) groups is 1. The maximum atomic E-state index is 13.5. The van der Waals surface area contributed by atoms with E-state index < -0.39 is 23.7 Å². The zero-order chi connectivity index (χ0) is 21.8. The predicted molar refractivity (Wildman–Crippen MR) is 115 cm³/mol. The third-order valence-corrected chi connectivity index (χ3v) is 6.74. The standard InChI is InChI=1S/C23H20N2O5S/c1-23-18(21(27)29-3)19(14-9-5-7-11-16(14)30-23)25-20(26)17(31-22(25)24-23)12-13-8-4-6-10-15(13)28-2/h4-12,18-19H,1-3H3/b17-12-/t18-,19+,23+/m0/s1. The first-order chi connectivity index (χ1) is 15.0. The molecular formula is C23H20N2O5S. The summed E-state index contributed by atoms with van der Waals surface area (Å²) in [5, 5.41) is 0. The van der Waals surface area contributed by atoms with Gasteiger partial charge < -0.3 is 14.2 Å². The highest BCUT2D eigenvalue weighted by atomic mass is 32.1. The Hall–Kier alpha value is -3.39. The van der Waals surface area contributed by atoms with Crippen LogP contribution in [0.25, 0.3) is 6.08 Å². The lowest BCUT2D eigenvalue weighted by Crippen LogP contribution is -2.58. The number of para-hydroxylation sites is 2. The van der Waals surface area contributed by atoms with Gasteiger partial charge in [0.05, 0.1) is 24.8 Å².